The quantitative estimate of drug-likeness (QED) is 0.457. The highest BCUT2D eigenvalue weighted by Gasteiger charge is 2.21. The number of sulfonamides is 1. The molecule has 0 aliphatic heterocycles. The summed E-state index contributed by atoms with van der Waals surface area (Å²) < 4.78 is 39.0. The molecule has 0 aliphatic rings. The molecular formula is C22H22N2O5S2. The van der Waals surface area contributed by atoms with Crippen LogP contribution in [0.3, 0.4) is 0 Å². The number of hydrogen-bond acceptors (Lipinski definition) is 6. The fourth-order valence-electron chi connectivity index (χ4n) is 2.69. The van der Waals surface area contributed by atoms with E-state index in [1.807, 2.05) is 24.4 Å². The number of amides is 1. The van der Waals surface area contributed by atoms with Crippen molar-refractivity contribution >= 4 is 44.7 Å². The van der Waals surface area contributed by atoms with E-state index in [9.17, 15) is 13.2 Å². The van der Waals surface area contributed by atoms with Crippen molar-refractivity contribution in [3.05, 3.63) is 70.9 Å². The summed E-state index contributed by atoms with van der Waals surface area (Å²) in [5.74, 6) is 0.426. The van der Waals surface area contributed by atoms with Gasteiger partial charge in [0.2, 0.25) is 5.91 Å². The van der Waals surface area contributed by atoms with Crippen molar-refractivity contribution in [2.75, 3.05) is 23.8 Å². The summed E-state index contributed by atoms with van der Waals surface area (Å²) in [4.78, 5) is 13.0. The van der Waals surface area contributed by atoms with Crippen molar-refractivity contribution in [2.45, 2.75) is 11.8 Å². The van der Waals surface area contributed by atoms with Crippen molar-refractivity contribution in [1.82, 2.24) is 0 Å². The molecule has 2 aromatic carbocycles. The van der Waals surface area contributed by atoms with Gasteiger partial charge in [0, 0.05) is 22.3 Å². The van der Waals surface area contributed by atoms with Crippen LogP contribution in [0.15, 0.2) is 70.9 Å². The lowest BCUT2D eigenvalue weighted by Gasteiger charge is -2.14. The smallest absolute Gasteiger partial charge is 0.265 e. The van der Waals surface area contributed by atoms with Crippen LogP contribution in [-0.4, -0.2) is 28.0 Å². The lowest BCUT2D eigenvalue weighted by Crippen LogP contribution is -2.15. The molecule has 1 amide bonds. The highest BCUT2D eigenvalue weighted by atomic mass is 32.2. The van der Waals surface area contributed by atoms with Crippen LogP contribution in [0, 0.1) is 0 Å². The van der Waals surface area contributed by atoms with Crippen LogP contribution in [0.2, 0.25) is 0 Å². The van der Waals surface area contributed by atoms with Gasteiger partial charge in [0.05, 0.1) is 13.7 Å². The van der Waals surface area contributed by atoms with E-state index in [1.54, 1.807) is 36.4 Å². The molecule has 1 heterocycles. The van der Waals surface area contributed by atoms with Gasteiger partial charge < -0.3 is 14.8 Å². The lowest BCUT2D eigenvalue weighted by atomic mass is 10.3. The molecule has 162 valence electrons. The van der Waals surface area contributed by atoms with E-state index in [1.165, 1.54) is 36.7 Å². The van der Waals surface area contributed by atoms with Crippen molar-refractivity contribution in [1.29, 1.82) is 0 Å². The monoisotopic (exact) mass is 458 g/mol. The molecule has 3 aromatic rings. The Morgan fingerprint density at radius 1 is 1.10 bits per heavy atom. The molecule has 0 radical (unpaired) electrons. The van der Waals surface area contributed by atoms with Gasteiger partial charge in [-0.15, -0.1) is 11.3 Å². The van der Waals surface area contributed by atoms with E-state index in [4.69, 9.17) is 9.47 Å². The van der Waals surface area contributed by atoms with Gasteiger partial charge in [0.15, 0.2) is 0 Å². The van der Waals surface area contributed by atoms with Gasteiger partial charge in [-0.2, -0.15) is 0 Å². The summed E-state index contributed by atoms with van der Waals surface area (Å²) in [7, 11) is -2.59. The molecule has 9 heteroatoms. The average molecular weight is 459 g/mol. The summed E-state index contributed by atoms with van der Waals surface area (Å²) in [6, 6.07) is 14.8. The van der Waals surface area contributed by atoms with Crippen LogP contribution < -0.4 is 19.5 Å². The Labute approximate surface area is 185 Å². The number of carbonyl (C=O) groups is 1. The molecule has 0 spiro atoms. The van der Waals surface area contributed by atoms with E-state index in [-0.39, 0.29) is 16.6 Å². The molecule has 0 saturated carbocycles. The van der Waals surface area contributed by atoms with Gasteiger partial charge in [0.25, 0.3) is 10.0 Å². The Morgan fingerprint density at radius 2 is 1.84 bits per heavy atom. The minimum Gasteiger partial charge on any atom is -0.495 e. The summed E-state index contributed by atoms with van der Waals surface area (Å²) in [6.45, 7) is 2.38. The van der Waals surface area contributed by atoms with Gasteiger partial charge in [-0.05, 0) is 66.9 Å². The van der Waals surface area contributed by atoms with Crippen molar-refractivity contribution in [2.24, 2.45) is 0 Å². The van der Waals surface area contributed by atoms with E-state index in [0.717, 1.165) is 4.88 Å². The third-order valence-electron chi connectivity index (χ3n) is 4.08. The summed E-state index contributed by atoms with van der Waals surface area (Å²) in [5.41, 5.74) is 0.701. The number of thiophene rings is 1. The molecule has 0 unspecified atom stereocenters. The molecule has 0 atom stereocenters. The third kappa shape index (κ3) is 6.09. The number of methoxy groups -OCH3 is 1. The molecule has 0 fully saturated rings. The lowest BCUT2D eigenvalue weighted by molar-refractivity contribution is -0.111. The predicted octanol–water partition coefficient (Wildman–Crippen LogP) is 4.61. The largest absolute Gasteiger partial charge is 0.495 e. The molecule has 2 N–H and O–H groups in total. The Bertz CT molecular complexity index is 1160. The molecule has 0 bridgehead atoms. The number of benzene rings is 2. The van der Waals surface area contributed by atoms with Crippen LogP contribution in [0.25, 0.3) is 6.08 Å². The fourth-order valence-corrected chi connectivity index (χ4v) is 4.56. The van der Waals surface area contributed by atoms with Gasteiger partial charge in [-0.25, -0.2) is 8.42 Å². The maximum atomic E-state index is 13.0. The number of hydrogen-bond donors (Lipinski definition) is 2. The van der Waals surface area contributed by atoms with Crippen LogP contribution >= 0.6 is 11.3 Å². The highest BCUT2D eigenvalue weighted by molar-refractivity contribution is 7.92. The maximum absolute atomic E-state index is 13.0. The standard InChI is InChI=1S/C22H22N2O5S2/c1-3-29-18-9-6-16(7-10-18)24-31(26,27)21-15-17(8-12-20(21)28-2)23-22(25)13-11-19-5-4-14-30-19/h4-15,24H,3H2,1-2H3,(H,23,25)/b13-11+. The zero-order valence-corrected chi connectivity index (χ0v) is 18.6. The normalized spacial score (nSPS) is 11.3. The van der Waals surface area contributed by atoms with Crippen molar-refractivity contribution < 1.29 is 22.7 Å². The second-order valence-electron chi connectivity index (χ2n) is 6.27. The summed E-state index contributed by atoms with van der Waals surface area (Å²) in [6.07, 6.45) is 3.08. The average Bonchev–Trinajstić information content (AvgIpc) is 3.27. The molecular weight excluding hydrogens is 436 g/mol. The SMILES string of the molecule is CCOc1ccc(NS(=O)(=O)c2cc(NC(=O)/C=C/c3cccs3)ccc2OC)cc1. The molecule has 7 nitrogen and oxygen atoms in total. The molecule has 1 aromatic heterocycles. The van der Waals surface area contributed by atoms with Crippen LogP contribution in [0.1, 0.15) is 11.8 Å². The first-order valence-corrected chi connectivity index (χ1v) is 11.7. The Kier molecular flexibility index (Phi) is 7.32. The zero-order valence-electron chi connectivity index (χ0n) is 17.0. The molecule has 0 aliphatic carbocycles. The number of nitrogens with one attached hydrogen (secondary N) is 2. The van der Waals surface area contributed by atoms with Gasteiger partial charge in [0.1, 0.15) is 16.4 Å². The zero-order chi connectivity index (χ0) is 22.3. The van der Waals surface area contributed by atoms with E-state index in [2.05, 4.69) is 10.0 Å². The Balaban J connectivity index is 1.79. The summed E-state index contributed by atoms with van der Waals surface area (Å²) in [5, 5.41) is 4.58. The number of ether oxygens (including phenoxy) is 2. The highest BCUT2D eigenvalue weighted by Crippen LogP contribution is 2.29. The second-order valence-corrected chi connectivity index (χ2v) is 8.90. The maximum Gasteiger partial charge on any atom is 0.265 e. The minimum atomic E-state index is -3.97. The Morgan fingerprint density at radius 3 is 2.48 bits per heavy atom. The van der Waals surface area contributed by atoms with Crippen LogP contribution in [0.4, 0.5) is 11.4 Å². The number of rotatable bonds is 9. The first kappa shape index (κ1) is 22.4. The second kappa shape index (κ2) is 10.1. The Hall–Kier alpha value is -3.30. The van der Waals surface area contributed by atoms with Crippen molar-refractivity contribution in [3.63, 3.8) is 0 Å². The van der Waals surface area contributed by atoms with Crippen LogP contribution in [-0.2, 0) is 14.8 Å². The van der Waals surface area contributed by atoms with E-state index < -0.39 is 10.0 Å². The van der Waals surface area contributed by atoms with Gasteiger partial charge in [-0.1, -0.05) is 6.07 Å². The topological polar surface area (TPSA) is 93.7 Å². The van der Waals surface area contributed by atoms with Crippen LogP contribution in [0.5, 0.6) is 11.5 Å². The molecule has 31 heavy (non-hydrogen) atoms. The number of carbonyl (C=O) groups excluding carboxylic acids is 1. The fraction of sp³-hybridized carbons (Fsp3) is 0.136. The molecule has 3 rings (SSSR count). The van der Waals surface area contributed by atoms with Crippen molar-refractivity contribution in [3.8, 4) is 11.5 Å². The first-order valence-electron chi connectivity index (χ1n) is 9.37. The van der Waals surface area contributed by atoms with E-state index in [0.29, 0.717) is 23.7 Å². The first-order chi connectivity index (χ1) is 14.9. The van der Waals surface area contributed by atoms with E-state index >= 15 is 0 Å². The molecule has 0 saturated heterocycles. The third-order valence-corrected chi connectivity index (χ3v) is 6.32. The number of anilines is 2. The summed E-state index contributed by atoms with van der Waals surface area (Å²) >= 11 is 1.51. The van der Waals surface area contributed by atoms with Gasteiger partial charge >= 0.3 is 0 Å². The van der Waals surface area contributed by atoms with Gasteiger partial charge in [-0.3, -0.25) is 9.52 Å². The minimum absolute atomic E-state index is 0.0936. The predicted molar refractivity (Wildman–Crippen MR) is 123 cm³/mol.